The van der Waals surface area contributed by atoms with E-state index in [-0.39, 0.29) is 25.7 Å². The maximum Gasteiger partial charge on any atom is 0.326 e. The van der Waals surface area contributed by atoms with Gasteiger partial charge in [0, 0.05) is 19.3 Å². The Balaban J connectivity index is 5.32. The van der Waals surface area contributed by atoms with E-state index in [9.17, 15) is 43.8 Å². The number of rotatable bonds is 17. The van der Waals surface area contributed by atoms with Gasteiger partial charge in [-0.15, -0.1) is 0 Å². The number of aliphatic carboxylic acids is 2. The largest absolute Gasteiger partial charge is 0.481 e. The van der Waals surface area contributed by atoms with Gasteiger partial charge in [-0.1, -0.05) is 0 Å². The third-order valence-electron chi connectivity index (χ3n) is 4.43. The molecule has 192 valence electrons. The highest BCUT2D eigenvalue weighted by atomic mass is 16.4. The quantitative estimate of drug-likeness (QED) is 0.0932. The molecule has 4 unspecified atom stereocenters. The summed E-state index contributed by atoms with van der Waals surface area (Å²) in [5, 5.41) is 33.9. The maximum atomic E-state index is 12.5. The highest BCUT2D eigenvalue weighted by Crippen LogP contribution is 2.04. The number of carboxylic acid groups (broad SMARTS) is 2. The first-order chi connectivity index (χ1) is 15.8. The van der Waals surface area contributed by atoms with E-state index in [1.807, 2.05) is 0 Å². The first-order valence-electron chi connectivity index (χ1n) is 10.1. The molecule has 12 N–H and O–H groups in total. The van der Waals surface area contributed by atoms with Gasteiger partial charge in [0.2, 0.25) is 29.5 Å². The molecule has 0 aliphatic carbocycles. The van der Waals surface area contributed by atoms with Gasteiger partial charge in [0.1, 0.15) is 18.1 Å². The van der Waals surface area contributed by atoms with Gasteiger partial charge in [-0.25, -0.2) is 4.79 Å². The Morgan fingerprint density at radius 3 is 1.56 bits per heavy atom. The molecule has 0 saturated heterocycles. The Labute approximate surface area is 193 Å². The standard InChI is InChI=1S/C18H30N6O10/c19-8(1-4-12(20)26)15(30)24-11(7-25)17(32)22-9(3-6-14(28)29)16(31)23-10(18(33)34)2-5-13(21)27/h8-11,25H,1-7,19H2,(H2,20,26)(H2,21,27)(H,22,32)(H,23,31)(H,24,30)(H,28,29)(H,33,34). The van der Waals surface area contributed by atoms with Gasteiger partial charge in [0.05, 0.1) is 12.6 Å². The van der Waals surface area contributed by atoms with E-state index >= 15 is 0 Å². The average Bonchev–Trinajstić information content (AvgIpc) is 2.74. The molecule has 0 aromatic carbocycles. The number of primary amides is 2. The monoisotopic (exact) mass is 490 g/mol. The van der Waals surface area contributed by atoms with Gasteiger partial charge in [-0.2, -0.15) is 0 Å². The molecule has 34 heavy (non-hydrogen) atoms. The predicted molar refractivity (Wildman–Crippen MR) is 112 cm³/mol. The lowest BCUT2D eigenvalue weighted by Gasteiger charge is -2.24. The molecule has 16 heteroatoms. The van der Waals surface area contributed by atoms with Gasteiger partial charge in [-0.3, -0.25) is 28.8 Å². The van der Waals surface area contributed by atoms with E-state index in [1.165, 1.54) is 0 Å². The Kier molecular flexibility index (Phi) is 13.4. The number of aliphatic hydroxyl groups excluding tert-OH is 1. The number of hydrogen-bond acceptors (Lipinski definition) is 9. The summed E-state index contributed by atoms with van der Waals surface area (Å²) in [6.45, 7) is -0.927. The van der Waals surface area contributed by atoms with Gasteiger partial charge < -0.3 is 48.5 Å². The summed E-state index contributed by atoms with van der Waals surface area (Å²) in [5.74, 6) is -7.40. The molecule has 0 radical (unpaired) electrons. The second-order valence-corrected chi connectivity index (χ2v) is 7.25. The summed E-state index contributed by atoms with van der Waals surface area (Å²) in [6, 6.07) is -5.95. The summed E-state index contributed by atoms with van der Waals surface area (Å²) < 4.78 is 0. The lowest BCUT2D eigenvalue weighted by atomic mass is 10.1. The fraction of sp³-hybridized carbons (Fsp3) is 0.611. The van der Waals surface area contributed by atoms with Crippen LogP contribution in [0.15, 0.2) is 0 Å². The van der Waals surface area contributed by atoms with Crippen LogP contribution in [0.1, 0.15) is 38.5 Å². The molecular weight excluding hydrogens is 460 g/mol. The Morgan fingerprint density at radius 1 is 0.647 bits per heavy atom. The molecule has 0 saturated carbocycles. The van der Waals surface area contributed by atoms with Crippen molar-refractivity contribution in [1.29, 1.82) is 0 Å². The molecule has 0 spiro atoms. The first-order valence-corrected chi connectivity index (χ1v) is 10.1. The molecule has 0 rings (SSSR count). The maximum absolute atomic E-state index is 12.5. The molecule has 0 aliphatic heterocycles. The summed E-state index contributed by atoms with van der Waals surface area (Å²) >= 11 is 0. The van der Waals surface area contributed by atoms with Crippen LogP contribution >= 0.6 is 0 Å². The average molecular weight is 490 g/mol. The van der Waals surface area contributed by atoms with Crippen molar-refractivity contribution in [2.24, 2.45) is 17.2 Å². The minimum Gasteiger partial charge on any atom is -0.481 e. The van der Waals surface area contributed by atoms with E-state index in [4.69, 9.17) is 22.3 Å². The van der Waals surface area contributed by atoms with Crippen molar-refractivity contribution < 1.29 is 48.9 Å². The third-order valence-corrected chi connectivity index (χ3v) is 4.43. The lowest BCUT2D eigenvalue weighted by Crippen LogP contribution is -2.58. The molecule has 0 aromatic rings. The third kappa shape index (κ3) is 12.3. The normalized spacial score (nSPS) is 14.1. The van der Waals surface area contributed by atoms with Crippen molar-refractivity contribution in [1.82, 2.24) is 16.0 Å². The number of nitrogens with one attached hydrogen (secondary N) is 3. The van der Waals surface area contributed by atoms with Crippen molar-refractivity contribution in [3.63, 3.8) is 0 Å². The molecule has 0 bridgehead atoms. The van der Waals surface area contributed by atoms with Gasteiger partial charge in [-0.05, 0) is 19.3 Å². The topological polar surface area (TPSA) is 294 Å². The Bertz CT molecular complexity index is 789. The highest BCUT2D eigenvalue weighted by Gasteiger charge is 2.30. The van der Waals surface area contributed by atoms with Crippen LogP contribution in [0.3, 0.4) is 0 Å². The number of carboxylic acids is 2. The van der Waals surface area contributed by atoms with Crippen LogP contribution in [0.2, 0.25) is 0 Å². The van der Waals surface area contributed by atoms with E-state index < -0.39 is 85.1 Å². The fourth-order valence-electron chi connectivity index (χ4n) is 2.53. The van der Waals surface area contributed by atoms with Crippen LogP contribution in [-0.2, 0) is 33.6 Å². The van der Waals surface area contributed by atoms with Crippen LogP contribution in [0, 0.1) is 0 Å². The van der Waals surface area contributed by atoms with Crippen LogP contribution in [0.4, 0.5) is 0 Å². The zero-order valence-electron chi connectivity index (χ0n) is 18.2. The van der Waals surface area contributed by atoms with Crippen LogP contribution in [0.25, 0.3) is 0 Å². The zero-order chi connectivity index (χ0) is 26.4. The van der Waals surface area contributed by atoms with Gasteiger partial charge in [0.15, 0.2) is 0 Å². The van der Waals surface area contributed by atoms with E-state index in [1.54, 1.807) is 0 Å². The molecule has 4 atom stereocenters. The molecule has 0 heterocycles. The van der Waals surface area contributed by atoms with Crippen molar-refractivity contribution in [2.75, 3.05) is 6.61 Å². The number of hydrogen-bond donors (Lipinski definition) is 9. The summed E-state index contributed by atoms with van der Waals surface area (Å²) in [5.41, 5.74) is 15.5. The first kappa shape index (κ1) is 30.2. The summed E-state index contributed by atoms with van der Waals surface area (Å²) in [7, 11) is 0. The molecule has 0 aromatic heterocycles. The minimum absolute atomic E-state index is 0.132. The predicted octanol–water partition coefficient (Wildman–Crippen LogP) is -4.76. The van der Waals surface area contributed by atoms with Crippen LogP contribution in [0.5, 0.6) is 0 Å². The second kappa shape index (κ2) is 15.1. The van der Waals surface area contributed by atoms with Gasteiger partial charge >= 0.3 is 11.9 Å². The van der Waals surface area contributed by atoms with Crippen molar-refractivity contribution in [2.45, 2.75) is 62.7 Å². The summed E-state index contributed by atoms with van der Waals surface area (Å²) in [6.07, 6.45) is -2.10. The molecule has 0 fully saturated rings. The number of amides is 5. The molecular formula is C18H30N6O10. The van der Waals surface area contributed by atoms with Gasteiger partial charge in [0.25, 0.3) is 0 Å². The van der Waals surface area contributed by atoms with Crippen molar-refractivity contribution >= 4 is 41.5 Å². The number of aliphatic hydroxyl groups is 1. The fourth-order valence-corrected chi connectivity index (χ4v) is 2.53. The SMILES string of the molecule is NC(=O)CCC(N)C(=O)NC(CO)C(=O)NC(CCC(=O)O)C(=O)NC(CCC(N)=O)C(=O)O. The van der Waals surface area contributed by atoms with E-state index in [2.05, 4.69) is 16.0 Å². The van der Waals surface area contributed by atoms with Crippen molar-refractivity contribution in [3.05, 3.63) is 0 Å². The highest BCUT2D eigenvalue weighted by molar-refractivity contribution is 5.94. The summed E-state index contributed by atoms with van der Waals surface area (Å²) in [4.78, 5) is 81.0. The van der Waals surface area contributed by atoms with E-state index in [0.29, 0.717) is 0 Å². The van der Waals surface area contributed by atoms with Crippen LogP contribution in [-0.4, -0.2) is 87.6 Å². The molecule has 0 aliphatic rings. The number of nitrogens with two attached hydrogens (primary N) is 3. The molecule has 16 nitrogen and oxygen atoms in total. The van der Waals surface area contributed by atoms with Crippen molar-refractivity contribution in [3.8, 4) is 0 Å². The molecule has 5 amide bonds. The zero-order valence-corrected chi connectivity index (χ0v) is 18.2. The smallest absolute Gasteiger partial charge is 0.326 e. The van der Waals surface area contributed by atoms with Crippen LogP contribution < -0.4 is 33.2 Å². The minimum atomic E-state index is -1.60. The second-order valence-electron chi connectivity index (χ2n) is 7.25. The number of carbonyl (C=O) groups excluding carboxylic acids is 5. The van der Waals surface area contributed by atoms with E-state index in [0.717, 1.165) is 0 Å². The lowest BCUT2D eigenvalue weighted by molar-refractivity contribution is -0.143. The Morgan fingerprint density at radius 2 is 1.09 bits per heavy atom. The Hall–Kier alpha value is -3.79. The number of carbonyl (C=O) groups is 7.